The normalized spacial score (nSPS) is 11.9. The van der Waals surface area contributed by atoms with Crippen molar-refractivity contribution >= 4 is 17.7 Å². The molecule has 0 aliphatic carbocycles. The summed E-state index contributed by atoms with van der Waals surface area (Å²) in [6, 6.07) is 6.62. The molecule has 2 rings (SSSR count). The second-order valence-corrected chi connectivity index (χ2v) is 8.05. The first-order valence-electron chi connectivity index (χ1n) is 10.3. The second kappa shape index (κ2) is 12.5. The van der Waals surface area contributed by atoms with Gasteiger partial charge in [-0.25, -0.2) is 4.39 Å². The van der Waals surface area contributed by atoms with Crippen molar-refractivity contribution in [3.63, 3.8) is 0 Å². The lowest BCUT2D eigenvalue weighted by Crippen LogP contribution is -2.38. The van der Waals surface area contributed by atoms with Crippen LogP contribution in [-0.4, -0.2) is 46.6 Å². The van der Waals surface area contributed by atoms with Gasteiger partial charge >= 0.3 is 0 Å². The number of hydrogen-bond donors (Lipinski definition) is 2. The van der Waals surface area contributed by atoms with Crippen molar-refractivity contribution in [3.05, 3.63) is 41.5 Å². The van der Waals surface area contributed by atoms with Crippen LogP contribution in [0.15, 0.2) is 34.4 Å². The zero-order valence-corrected chi connectivity index (χ0v) is 18.7. The molecule has 2 aromatic rings. The first-order valence-corrected chi connectivity index (χ1v) is 11.5. The van der Waals surface area contributed by atoms with Crippen LogP contribution < -0.4 is 10.6 Å². The Bertz CT molecular complexity index is 757. The maximum Gasteiger partial charge on any atom is 0.191 e. The lowest BCUT2D eigenvalue weighted by molar-refractivity contribution is 0.477. The molecule has 29 heavy (non-hydrogen) atoms. The minimum atomic E-state index is -0.203. The molecular formula is C21H33FN6S. The largest absolute Gasteiger partial charge is 0.357 e. The van der Waals surface area contributed by atoms with E-state index in [1.54, 1.807) is 11.8 Å². The van der Waals surface area contributed by atoms with Crippen LogP contribution in [0, 0.1) is 11.7 Å². The maximum absolute atomic E-state index is 13.0. The number of benzene rings is 1. The van der Waals surface area contributed by atoms with E-state index in [9.17, 15) is 4.39 Å². The second-order valence-electron chi connectivity index (χ2n) is 7.27. The number of hydrogen-bond acceptors (Lipinski definition) is 4. The van der Waals surface area contributed by atoms with Crippen LogP contribution in [0.25, 0.3) is 0 Å². The molecule has 1 aromatic heterocycles. The van der Waals surface area contributed by atoms with E-state index >= 15 is 0 Å². The van der Waals surface area contributed by atoms with Gasteiger partial charge in [-0.15, -0.1) is 10.2 Å². The number of thioether (sulfide) groups is 1. The van der Waals surface area contributed by atoms with Crippen molar-refractivity contribution < 1.29 is 4.39 Å². The molecule has 0 saturated heterocycles. The summed E-state index contributed by atoms with van der Waals surface area (Å²) in [5.41, 5.74) is 1.10. The van der Waals surface area contributed by atoms with E-state index in [1.165, 1.54) is 12.1 Å². The van der Waals surface area contributed by atoms with Gasteiger partial charge in [0.2, 0.25) is 0 Å². The number of halogens is 1. The average Bonchev–Trinajstić information content (AvgIpc) is 3.07. The highest BCUT2D eigenvalue weighted by atomic mass is 32.2. The summed E-state index contributed by atoms with van der Waals surface area (Å²) in [5, 5.41) is 16.3. The molecule has 0 atom stereocenters. The first-order chi connectivity index (χ1) is 14.0. The predicted octanol–water partition coefficient (Wildman–Crippen LogP) is 3.53. The topological polar surface area (TPSA) is 67.1 Å². The van der Waals surface area contributed by atoms with Crippen molar-refractivity contribution in [2.75, 3.05) is 25.9 Å². The monoisotopic (exact) mass is 420 g/mol. The molecule has 0 radical (unpaired) electrons. The predicted molar refractivity (Wildman–Crippen MR) is 119 cm³/mol. The summed E-state index contributed by atoms with van der Waals surface area (Å²) >= 11 is 1.64. The van der Waals surface area contributed by atoms with Crippen LogP contribution in [0.3, 0.4) is 0 Å². The Morgan fingerprint density at radius 3 is 2.59 bits per heavy atom. The van der Waals surface area contributed by atoms with Gasteiger partial charge in [-0.1, -0.05) is 37.7 Å². The highest BCUT2D eigenvalue weighted by Gasteiger charge is 2.12. The summed E-state index contributed by atoms with van der Waals surface area (Å²) in [6.07, 6.45) is 4.63. The van der Waals surface area contributed by atoms with Gasteiger partial charge in [-0.05, 0) is 49.6 Å². The number of aliphatic imine (C=N–C) groups is 1. The Labute approximate surface area is 177 Å². The van der Waals surface area contributed by atoms with Crippen LogP contribution in [-0.2, 0) is 19.4 Å². The third-order valence-corrected chi connectivity index (χ3v) is 4.98. The molecule has 0 unspecified atom stereocenters. The Morgan fingerprint density at radius 1 is 1.17 bits per heavy atom. The minimum absolute atomic E-state index is 0.203. The van der Waals surface area contributed by atoms with Crippen molar-refractivity contribution in [1.29, 1.82) is 0 Å². The van der Waals surface area contributed by atoms with Crippen molar-refractivity contribution in [2.45, 2.75) is 51.7 Å². The number of guanidine groups is 1. The van der Waals surface area contributed by atoms with E-state index in [0.717, 1.165) is 67.9 Å². The van der Waals surface area contributed by atoms with Crippen LogP contribution in [0.2, 0.25) is 0 Å². The molecule has 0 amide bonds. The molecule has 1 aromatic carbocycles. The van der Waals surface area contributed by atoms with Gasteiger partial charge in [0.15, 0.2) is 11.1 Å². The Kier molecular flexibility index (Phi) is 9.97. The van der Waals surface area contributed by atoms with E-state index in [-0.39, 0.29) is 5.82 Å². The minimum Gasteiger partial charge on any atom is -0.357 e. The highest BCUT2D eigenvalue weighted by Crippen LogP contribution is 2.16. The molecule has 0 fully saturated rings. The third kappa shape index (κ3) is 8.04. The molecule has 160 valence electrons. The summed E-state index contributed by atoms with van der Waals surface area (Å²) in [7, 11) is 0. The van der Waals surface area contributed by atoms with Crippen molar-refractivity contribution in [3.8, 4) is 0 Å². The number of rotatable bonds is 11. The van der Waals surface area contributed by atoms with E-state index in [1.807, 2.05) is 18.4 Å². The smallest absolute Gasteiger partial charge is 0.191 e. The van der Waals surface area contributed by atoms with Gasteiger partial charge in [0.05, 0.1) is 0 Å². The van der Waals surface area contributed by atoms with Gasteiger partial charge in [-0.2, -0.15) is 0 Å². The fraction of sp³-hybridized carbons (Fsp3) is 0.571. The fourth-order valence-corrected chi connectivity index (χ4v) is 3.47. The fourth-order valence-electron chi connectivity index (χ4n) is 2.95. The third-order valence-electron chi connectivity index (χ3n) is 4.32. The van der Waals surface area contributed by atoms with Crippen LogP contribution in [0.1, 0.15) is 38.6 Å². The van der Waals surface area contributed by atoms with E-state index in [0.29, 0.717) is 5.92 Å². The molecular weight excluding hydrogens is 387 g/mol. The summed E-state index contributed by atoms with van der Waals surface area (Å²) in [4.78, 5) is 4.66. The molecule has 1 heterocycles. The maximum atomic E-state index is 13.0. The molecule has 0 bridgehead atoms. The summed E-state index contributed by atoms with van der Waals surface area (Å²) in [6.45, 7) is 9.68. The molecule has 0 aliphatic rings. The van der Waals surface area contributed by atoms with Crippen LogP contribution in [0.5, 0.6) is 0 Å². The Balaban J connectivity index is 1.82. The lowest BCUT2D eigenvalue weighted by Gasteiger charge is -2.12. The SMILES string of the molecule is CCNC(=NCCCc1nnc(SC)n1CC(C)C)NCCc1ccc(F)cc1. The quantitative estimate of drug-likeness (QED) is 0.252. The Hall–Kier alpha value is -2.09. The molecule has 8 heteroatoms. The van der Waals surface area contributed by atoms with Crippen molar-refractivity contribution in [2.24, 2.45) is 10.9 Å². The van der Waals surface area contributed by atoms with E-state index in [2.05, 4.69) is 51.2 Å². The first kappa shape index (κ1) is 23.2. The molecule has 6 nitrogen and oxygen atoms in total. The number of aryl methyl sites for hydroxylation is 1. The van der Waals surface area contributed by atoms with Crippen molar-refractivity contribution in [1.82, 2.24) is 25.4 Å². The number of nitrogens with zero attached hydrogens (tertiary/aromatic N) is 4. The van der Waals surface area contributed by atoms with Gasteiger partial charge in [-0.3, -0.25) is 4.99 Å². The highest BCUT2D eigenvalue weighted by molar-refractivity contribution is 7.98. The van der Waals surface area contributed by atoms with Gasteiger partial charge in [0.25, 0.3) is 0 Å². The zero-order valence-electron chi connectivity index (χ0n) is 17.9. The zero-order chi connectivity index (χ0) is 21.1. The van der Waals surface area contributed by atoms with Crippen LogP contribution >= 0.6 is 11.8 Å². The summed E-state index contributed by atoms with van der Waals surface area (Å²) < 4.78 is 15.2. The van der Waals surface area contributed by atoms with Crippen LogP contribution in [0.4, 0.5) is 4.39 Å². The lowest BCUT2D eigenvalue weighted by atomic mass is 10.1. The number of nitrogens with one attached hydrogen (secondary N) is 2. The average molecular weight is 421 g/mol. The van der Waals surface area contributed by atoms with Gasteiger partial charge in [0.1, 0.15) is 11.6 Å². The van der Waals surface area contributed by atoms with Gasteiger partial charge < -0.3 is 15.2 Å². The molecule has 0 aliphatic heterocycles. The molecule has 0 spiro atoms. The van der Waals surface area contributed by atoms with E-state index < -0.39 is 0 Å². The standard InChI is InChI=1S/C21H33FN6S/c1-5-23-20(25-14-12-17-8-10-18(22)11-9-17)24-13-6-7-19-26-27-21(29-4)28(19)15-16(2)3/h8-11,16H,5-7,12-15H2,1-4H3,(H2,23,24,25). The summed E-state index contributed by atoms with van der Waals surface area (Å²) in [5.74, 6) is 2.19. The van der Waals surface area contributed by atoms with E-state index in [4.69, 9.17) is 0 Å². The number of aromatic nitrogens is 3. The Morgan fingerprint density at radius 2 is 1.93 bits per heavy atom. The van der Waals surface area contributed by atoms with Gasteiger partial charge in [0, 0.05) is 32.6 Å². The molecule has 0 saturated carbocycles. The molecule has 2 N–H and O–H groups in total.